The van der Waals surface area contributed by atoms with Gasteiger partial charge in [0.05, 0.1) is 5.00 Å². The predicted octanol–water partition coefficient (Wildman–Crippen LogP) is 1.29. The molecule has 1 aromatic heterocycles. The normalized spacial score (nSPS) is 20.2. The van der Waals surface area contributed by atoms with Crippen molar-refractivity contribution in [3.63, 3.8) is 0 Å². The summed E-state index contributed by atoms with van der Waals surface area (Å²) >= 11 is 1.19. The molecule has 0 aliphatic carbocycles. The number of piperidine rings is 1. The van der Waals surface area contributed by atoms with Crippen LogP contribution < -0.4 is 10.6 Å². The van der Waals surface area contributed by atoms with Gasteiger partial charge in [0.15, 0.2) is 0 Å². The second-order valence-corrected chi connectivity index (χ2v) is 5.11. The van der Waals surface area contributed by atoms with Crippen molar-refractivity contribution in [1.29, 1.82) is 0 Å². The summed E-state index contributed by atoms with van der Waals surface area (Å²) in [5, 5.41) is 9.68. The summed E-state index contributed by atoms with van der Waals surface area (Å²) in [5.41, 5.74) is 5.37. The van der Waals surface area contributed by atoms with E-state index >= 15 is 0 Å². The van der Waals surface area contributed by atoms with Crippen molar-refractivity contribution >= 4 is 28.2 Å². The molecule has 1 aliphatic heterocycles. The van der Waals surface area contributed by atoms with Crippen molar-refractivity contribution in [3.8, 4) is 0 Å². The summed E-state index contributed by atoms with van der Waals surface area (Å²) in [7, 11) is 0. The van der Waals surface area contributed by atoms with Gasteiger partial charge in [0.1, 0.15) is 10.9 Å². The van der Waals surface area contributed by atoms with Crippen LogP contribution in [0, 0.1) is 0 Å². The number of hydrogen-bond acceptors (Lipinski definition) is 4. The highest BCUT2D eigenvalue weighted by Crippen LogP contribution is 2.31. The fourth-order valence-electron chi connectivity index (χ4n) is 2.09. The first-order valence-corrected chi connectivity index (χ1v) is 6.30. The molecule has 2 rings (SSSR count). The number of rotatable bonds is 3. The van der Waals surface area contributed by atoms with E-state index in [1.807, 2.05) is 4.90 Å². The van der Waals surface area contributed by atoms with Crippen LogP contribution in [0.2, 0.25) is 0 Å². The average molecular weight is 254 g/mol. The zero-order chi connectivity index (χ0) is 12.4. The average Bonchev–Trinajstić information content (AvgIpc) is 2.78. The summed E-state index contributed by atoms with van der Waals surface area (Å²) in [5.74, 6) is -1.27. The van der Waals surface area contributed by atoms with Gasteiger partial charge in [0.25, 0.3) is 0 Å². The predicted molar refractivity (Wildman–Crippen MR) is 65.5 cm³/mol. The molecular weight excluding hydrogens is 240 g/mol. The molecule has 2 heterocycles. The van der Waals surface area contributed by atoms with Crippen LogP contribution >= 0.6 is 11.3 Å². The SMILES string of the molecule is NC(=O)C1CCCCN1c1ccc(C(=O)O)s1. The highest BCUT2D eigenvalue weighted by atomic mass is 32.1. The maximum absolute atomic E-state index is 11.3. The molecule has 92 valence electrons. The Morgan fingerprint density at radius 1 is 1.41 bits per heavy atom. The van der Waals surface area contributed by atoms with E-state index in [0.29, 0.717) is 0 Å². The van der Waals surface area contributed by atoms with Gasteiger partial charge < -0.3 is 15.7 Å². The van der Waals surface area contributed by atoms with Crippen LogP contribution in [0.1, 0.15) is 28.9 Å². The maximum atomic E-state index is 11.3. The van der Waals surface area contributed by atoms with E-state index < -0.39 is 5.97 Å². The van der Waals surface area contributed by atoms with Gasteiger partial charge in [-0.3, -0.25) is 4.79 Å². The molecule has 1 aliphatic rings. The Labute approximate surface area is 103 Å². The van der Waals surface area contributed by atoms with Crippen LogP contribution in [0.15, 0.2) is 12.1 Å². The molecule has 1 aromatic rings. The number of amides is 1. The van der Waals surface area contributed by atoms with Gasteiger partial charge in [0.2, 0.25) is 5.91 Å². The quantitative estimate of drug-likeness (QED) is 0.851. The number of aromatic carboxylic acids is 1. The monoisotopic (exact) mass is 254 g/mol. The smallest absolute Gasteiger partial charge is 0.345 e. The lowest BCUT2D eigenvalue weighted by Gasteiger charge is -2.34. The van der Waals surface area contributed by atoms with Crippen LogP contribution in [-0.2, 0) is 4.79 Å². The molecule has 1 saturated heterocycles. The van der Waals surface area contributed by atoms with E-state index in [9.17, 15) is 9.59 Å². The number of carbonyl (C=O) groups excluding carboxylic acids is 1. The zero-order valence-corrected chi connectivity index (χ0v) is 10.1. The third-order valence-corrected chi connectivity index (χ3v) is 4.03. The Morgan fingerprint density at radius 3 is 2.76 bits per heavy atom. The van der Waals surface area contributed by atoms with Crippen LogP contribution in [0.4, 0.5) is 5.00 Å². The number of carbonyl (C=O) groups is 2. The molecular formula is C11H14N2O3S. The van der Waals surface area contributed by atoms with E-state index in [1.54, 1.807) is 12.1 Å². The molecule has 1 unspecified atom stereocenters. The van der Waals surface area contributed by atoms with Crippen molar-refractivity contribution in [3.05, 3.63) is 17.0 Å². The number of nitrogens with two attached hydrogens (primary N) is 1. The van der Waals surface area contributed by atoms with Gasteiger partial charge in [-0.05, 0) is 31.4 Å². The minimum absolute atomic E-state index is 0.286. The van der Waals surface area contributed by atoms with E-state index in [1.165, 1.54) is 11.3 Å². The number of nitrogens with zero attached hydrogens (tertiary/aromatic N) is 1. The molecule has 1 amide bonds. The molecule has 1 fully saturated rings. The summed E-state index contributed by atoms with van der Waals surface area (Å²) in [6.45, 7) is 0.757. The summed E-state index contributed by atoms with van der Waals surface area (Å²) < 4.78 is 0. The minimum atomic E-state index is -0.936. The summed E-state index contributed by atoms with van der Waals surface area (Å²) in [6.07, 6.45) is 2.74. The first-order valence-electron chi connectivity index (χ1n) is 5.48. The number of carboxylic acids is 1. The highest BCUT2D eigenvalue weighted by molar-refractivity contribution is 7.17. The Bertz CT molecular complexity index is 444. The Balaban J connectivity index is 2.23. The van der Waals surface area contributed by atoms with Crippen LogP contribution in [0.5, 0.6) is 0 Å². The first kappa shape index (κ1) is 11.9. The van der Waals surface area contributed by atoms with E-state index in [0.717, 1.165) is 30.8 Å². The van der Waals surface area contributed by atoms with Gasteiger partial charge in [-0.15, -0.1) is 11.3 Å². The van der Waals surface area contributed by atoms with Crippen molar-refractivity contribution in [2.75, 3.05) is 11.4 Å². The largest absolute Gasteiger partial charge is 0.477 e. The van der Waals surface area contributed by atoms with Gasteiger partial charge in [-0.1, -0.05) is 0 Å². The summed E-state index contributed by atoms with van der Waals surface area (Å²) in [4.78, 5) is 24.4. The molecule has 0 bridgehead atoms. The standard InChI is InChI=1S/C11H14N2O3S/c12-10(14)7-3-1-2-6-13(7)9-5-4-8(17-9)11(15)16/h4-5,7H,1-3,6H2,(H2,12,14)(H,15,16). The second kappa shape index (κ2) is 4.75. The number of hydrogen-bond donors (Lipinski definition) is 2. The molecule has 17 heavy (non-hydrogen) atoms. The van der Waals surface area contributed by atoms with Crippen molar-refractivity contribution in [2.24, 2.45) is 5.73 Å². The molecule has 5 nitrogen and oxygen atoms in total. The van der Waals surface area contributed by atoms with Crippen LogP contribution in [0.3, 0.4) is 0 Å². The van der Waals surface area contributed by atoms with Gasteiger partial charge in [-0.25, -0.2) is 4.79 Å². The van der Waals surface area contributed by atoms with E-state index in [-0.39, 0.29) is 16.8 Å². The molecule has 1 atom stereocenters. The van der Waals surface area contributed by atoms with Crippen molar-refractivity contribution in [2.45, 2.75) is 25.3 Å². The fourth-order valence-corrected chi connectivity index (χ4v) is 3.01. The van der Waals surface area contributed by atoms with E-state index in [4.69, 9.17) is 10.8 Å². The van der Waals surface area contributed by atoms with E-state index in [2.05, 4.69) is 0 Å². The molecule has 0 spiro atoms. The molecule has 0 radical (unpaired) electrons. The molecule has 6 heteroatoms. The lowest BCUT2D eigenvalue weighted by molar-refractivity contribution is -0.119. The summed E-state index contributed by atoms with van der Waals surface area (Å²) in [6, 6.07) is 3.01. The Kier molecular flexibility index (Phi) is 3.33. The van der Waals surface area contributed by atoms with Crippen molar-refractivity contribution < 1.29 is 14.7 Å². The van der Waals surface area contributed by atoms with Gasteiger partial charge >= 0.3 is 5.97 Å². The lowest BCUT2D eigenvalue weighted by Crippen LogP contribution is -2.47. The third kappa shape index (κ3) is 2.41. The minimum Gasteiger partial charge on any atom is -0.477 e. The topological polar surface area (TPSA) is 83.6 Å². The van der Waals surface area contributed by atoms with Crippen LogP contribution in [-0.4, -0.2) is 29.6 Å². The number of anilines is 1. The number of carboxylic acid groups (broad SMARTS) is 1. The highest BCUT2D eigenvalue weighted by Gasteiger charge is 2.28. The Hall–Kier alpha value is -1.56. The Morgan fingerprint density at radius 2 is 2.18 bits per heavy atom. The van der Waals surface area contributed by atoms with Gasteiger partial charge in [-0.2, -0.15) is 0 Å². The number of primary amides is 1. The maximum Gasteiger partial charge on any atom is 0.345 e. The first-order chi connectivity index (χ1) is 8.09. The molecule has 0 saturated carbocycles. The molecule has 0 aromatic carbocycles. The second-order valence-electron chi connectivity index (χ2n) is 4.05. The number of thiophene rings is 1. The molecule has 3 N–H and O–H groups in total. The zero-order valence-electron chi connectivity index (χ0n) is 9.26. The lowest BCUT2D eigenvalue weighted by atomic mass is 10.0. The fraction of sp³-hybridized carbons (Fsp3) is 0.455. The van der Waals surface area contributed by atoms with Crippen molar-refractivity contribution in [1.82, 2.24) is 0 Å². The third-order valence-electron chi connectivity index (χ3n) is 2.92. The van der Waals surface area contributed by atoms with Gasteiger partial charge in [0, 0.05) is 6.54 Å². The van der Waals surface area contributed by atoms with Crippen LogP contribution in [0.25, 0.3) is 0 Å².